The largest absolute Gasteiger partial charge is 0.459 e. The van der Waals surface area contributed by atoms with Crippen molar-refractivity contribution in [3.63, 3.8) is 0 Å². The second kappa shape index (κ2) is 5.63. The number of furan rings is 1. The summed E-state index contributed by atoms with van der Waals surface area (Å²) >= 11 is 0. The summed E-state index contributed by atoms with van der Waals surface area (Å²) in [5.41, 5.74) is 3.17. The fourth-order valence-electron chi connectivity index (χ4n) is 3.02. The van der Waals surface area contributed by atoms with Gasteiger partial charge in [0.05, 0.1) is 6.26 Å². The van der Waals surface area contributed by atoms with Crippen LogP contribution in [0.2, 0.25) is 0 Å². The number of amides is 1. The van der Waals surface area contributed by atoms with Gasteiger partial charge in [-0.3, -0.25) is 4.79 Å². The molecule has 4 rings (SSSR count). The van der Waals surface area contributed by atoms with E-state index < -0.39 is 0 Å². The van der Waals surface area contributed by atoms with Gasteiger partial charge in [0.1, 0.15) is 0 Å². The Balaban J connectivity index is 1.59. The van der Waals surface area contributed by atoms with Gasteiger partial charge in [-0.1, -0.05) is 17.3 Å². The quantitative estimate of drug-likeness (QED) is 0.738. The van der Waals surface area contributed by atoms with E-state index in [0.717, 1.165) is 16.8 Å². The number of benzene rings is 1. The van der Waals surface area contributed by atoms with Gasteiger partial charge < -0.3 is 13.8 Å². The summed E-state index contributed by atoms with van der Waals surface area (Å²) in [6.07, 6.45) is 1.94. The molecule has 0 bridgehead atoms. The number of hydrogen-bond acceptors (Lipinski definition) is 5. The monoisotopic (exact) mass is 323 g/mol. The summed E-state index contributed by atoms with van der Waals surface area (Å²) in [5.74, 6) is 1.42. The number of carbonyl (C=O) groups excluding carboxylic acids is 1. The molecule has 24 heavy (non-hydrogen) atoms. The van der Waals surface area contributed by atoms with Crippen molar-refractivity contribution in [2.45, 2.75) is 26.2 Å². The topological polar surface area (TPSA) is 72.4 Å². The predicted octanol–water partition coefficient (Wildman–Crippen LogP) is 3.47. The average molecular weight is 323 g/mol. The molecule has 6 heteroatoms. The van der Waals surface area contributed by atoms with E-state index in [1.54, 1.807) is 18.4 Å². The average Bonchev–Trinajstić information content (AvgIpc) is 3.28. The van der Waals surface area contributed by atoms with Crippen molar-refractivity contribution in [3.8, 4) is 11.7 Å². The molecule has 0 N–H and O–H groups in total. The molecule has 2 aromatic heterocycles. The van der Waals surface area contributed by atoms with Gasteiger partial charge in [0, 0.05) is 24.6 Å². The molecule has 3 aromatic rings. The van der Waals surface area contributed by atoms with E-state index in [-0.39, 0.29) is 11.8 Å². The van der Waals surface area contributed by atoms with Crippen LogP contribution < -0.4 is 4.90 Å². The van der Waals surface area contributed by atoms with Crippen LogP contribution in [0.3, 0.4) is 0 Å². The summed E-state index contributed by atoms with van der Waals surface area (Å²) in [6.45, 7) is 4.59. The molecule has 0 aliphatic carbocycles. The van der Waals surface area contributed by atoms with Crippen LogP contribution in [0.1, 0.15) is 29.3 Å². The lowest BCUT2D eigenvalue weighted by molar-refractivity contribution is -0.117. The lowest BCUT2D eigenvalue weighted by atomic mass is 10.1. The van der Waals surface area contributed by atoms with E-state index >= 15 is 0 Å². The van der Waals surface area contributed by atoms with Crippen molar-refractivity contribution in [2.75, 3.05) is 11.4 Å². The van der Waals surface area contributed by atoms with Crippen LogP contribution in [0.25, 0.3) is 11.7 Å². The zero-order valence-electron chi connectivity index (χ0n) is 13.5. The van der Waals surface area contributed by atoms with Crippen LogP contribution in [0.5, 0.6) is 0 Å². The Morgan fingerprint density at radius 1 is 1.25 bits per heavy atom. The molecular formula is C18H17N3O3. The first kappa shape index (κ1) is 14.7. The SMILES string of the molecule is Cc1ccc(C)c(N2CC(c3noc(-c4ccco4)n3)CC2=O)c1. The zero-order chi connectivity index (χ0) is 16.7. The van der Waals surface area contributed by atoms with Gasteiger partial charge in [-0.15, -0.1) is 0 Å². The van der Waals surface area contributed by atoms with E-state index in [1.807, 2.05) is 36.9 Å². The van der Waals surface area contributed by atoms with Crippen LogP contribution in [0.15, 0.2) is 45.5 Å². The molecule has 1 fully saturated rings. The number of aryl methyl sites for hydroxylation is 2. The van der Waals surface area contributed by atoms with E-state index in [1.165, 1.54) is 0 Å². The van der Waals surface area contributed by atoms with Crippen LogP contribution in [0.4, 0.5) is 5.69 Å². The van der Waals surface area contributed by atoms with E-state index in [4.69, 9.17) is 8.94 Å². The standard InChI is InChI=1S/C18H17N3O3/c1-11-5-6-12(2)14(8-11)21-10-13(9-16(21)22)17-19-18(24-20-17)15-4-3-7-23-15/h3-8,13H,9-10H2,1-2H3. The molecule has 1 atom stereocenters. The highest BCUT2D eigenvalue weighted by Gasteiger charge is 2.35. The molecule has 1 unspecified atom stereocenters. The van der Waals surface area contributed by atoms with Gasteiger partial charge in [0.2, 0.25) is 5.91 Å². The third-order valence-electron chi connectivity index (χ3n) is 4.32. The van der Waals surface area contributed by atoms with Crippen LogP contribution in [0, 0.1) is 13.8 Å². The molecule has 1 amide bonds. The summed E-state index contributed by atoms with van der Waals surface area (Å²) in [6, 6.07) is 9.65. The van der Waals surface area contributed by atoms with Gasteiger partial charge in [-0.2, -0.15) is 4.98 Å². The smallest absolute Gasteiger partial charge is 0.293 e. The fraction of sp³-hybridized carbons (Fsp3) is 0.278. The zero-order valence-corrected chi connectivity index (χ0v) is 13.5. The summed E-state index contributed by atoms with van der Waals surface area (Å²) < 4.78 is 10.5. The second-order valence-electron chi connectivity index (χ2n) is 6.13. The maximum atomic E-state index is 12.5. The Labute approximate surface area is 139 Å². The molecular weight excluding hydrogens is 306 g/mol. The highest BCUT2D eigenvalue weighted by molar-refractivity contribution is 5.97. The van der Waals surface area contributed by atoms with Crippen molar-refractivity contribution in [1.82, 2.24) is 10.1 Å². The number of anilines is 1. The van der Waals surface area contributed by atoms with E-state index in [9.17, 15) is 4.79 Å². The van der Waals surface area contributed by atoms with Crippen molar-refractivity contribution < 1.29 is 13.7 Å². The molecule has 1 aliphatic heterocycles. The first-order chi connectivity index (χ1) is 11.6. The van der Waals surface area contributed by atoms with Gasteiger partial charge >= 0.3 is 0 Å². The molecule has 1 aromatic carbocycles. The first-order valence-corrected chi connectivity index (χ1v) is 7.87. The minimum Gasteiger partial charge on any atom is -0.459 e. The molecule has 1 aliphatic rings. The lowest BCUT2D eigenvalue weighted by Crippen LogP contribution is -2.25. The third-order valence-corrected chi connectivity index (χ3v) is 4.32. The van der Waals surface area contributed by atoms with Crippen molar-refractivity contribution in [1.29, 1.82) is 0 Å². The Kier molecular flexibility index (Phi) is 3.45. The van der Waals surface area contributed by atoms with Crippen LogP contribution >= 0.6 is 0 Å². The summed E-state index contributed by atoms with van der Waals surface area (Å²) in [7, 11) is 0. The molecule has 6 nitrogen and oxygen atoms in total. The molecule has 1 saturated heterocycles. The molecule has 3 heterocycles. The van der Waals surface area contributed by atoms with Crippen molar-refractivity contribution >= 4 is 11.6 Å². The third kappa shape index (κ3) is 2.50. The maximum Gasteiger partial charge on any atom is 0.293 e. The van der Waals surface area contributed by atoms with E-state index in [2.05, 4.69) is 10.1 Å². The Bertz CT molecular complexity index is 883. The van der Waals surface area contributed by atoms with Gasteiger partial charge in [0.25, 0.3) is 5.89 Å². The molecule has 0 spiro atoms. The van der Waals surface area contributed by atoms with Gasteiger partial charge in [-0.05, 0) is 43.2 Å². The Morgan fingerprint density at radius 2 is 2.12 bits per heavy atom. The second-order valence-corrected chi connectivity index (χ2v) is 6.13. The normalized spacial score (nSPS) is 17.7. The highest BCUT2D eigenvalue weighted by Crippen LogP contribution is 2.33. The number of carbonyl (C=O) groups is 1. The van der Waals surface area contributed by atoms with E-state index in [0.29, 0.717) is 30.4 Å². The maximum absolute atomic E-state index is 12.5. The highest BCUT2D eigenvalue weighted by atomic mass is 16.5. The van der Waals surface area contributed by atoms with Crippen molar-refractivity contribution in [2.24, 2.45) is 0 Å². The molecule has 122 valence electrons. The fourth-order valence-corrected chi connectivity index (χ4v) is 3.02. The molecule has 0 saturated carbocycles. The first-order valence-electron chi connectivity index (χ1n) is 7.87. The van der Waals surface area contributed by atoms with Gasteiger partial charge in [-0.25, -0.2) is 0 Å². The van der Waals surface area contributed by atoms with Gasteiger partial charge in [0.15, 0.2) is 11.6 Å². The Hall–Kier alpha value is -2.89. The number of aromatic nitrogens is 2. The number of nitrogens with zero attached hydrogens (tertiary/aromatic N) is 3. The number of rotatable bonds is 3. The summed E-state index contributed by atoms with van der Waals surface area (Å²) in [5, 5.41) is 4.03. The lowest BCUT2D eigenvalue weighted by Gasteiger charge is -2.19. The number of hydrogen-bond donors (Lipinski definition) is 0. The minimum atomic E-state index is -0.0788. The van der Waals surface area contributed by atoms with Crippen LogP contribution in [-0.2, 0) is 4.79 Å². The van der Waals surface area contributed by atoms with Crippen LogP contribution in [-0.4, -0.2) is 22.6 Å². The minimum absolute atomic E-state index is 0.0788. The van der Waals surface area contributed by atoms with Crippen molar-refractivity contribution in [3.05, 3.63) is 53.5 Å². The molecule has 0 radical (unpaired) electrons. The Morgan fingerprint density at radius 3 is 2.92 bits per heavy atom. The predicted molar refractivity (Wildman–Crippen MR) is 87.6 cm³/mol. The summed E-state index contributed by atoms with van der Waals surface area (Å²) in [4.78, 5) is 18.7.